The van der Waals surface area contributed by atoms with E-state index in [1.165, 1.54) is 36.4 Å². The lowest BCUT2D eigenvalue weighted by molar-refractivity contribution is -0.141. The van der Waals surface area contributed by atoms with Crippen LogP contribution in [0.4, 0.5) is 4.39 Å². The molecule has 2 aromatic carbocycles. The van der Waals surface area contributed by atoms with Crippen LogP contribution in [0.25, 0.3) is 0 Å². The Hall–Kier alpha value is -2.72. The van der Waals surface area contributed by atoms with Crippen molar-refractivity contribution in [3.8, 4) is 6.07 Å². The van der Waals surface area contributed by atoms with Crippen molar-refractivity contribution in [1.82, 2.24) is 0 Å². The van der Waals surface area contributed by atoms with E-state index >= 15 is 0 Å². The largest absolute Gasteiger partial charge is 0.480 e. The first-order valence-electron chi connectivity index (χ1n) is 7.04. The van der Waals surface area contributed by atoms with Crippen LogP contribution in [0.3, 0.4) is 0 Å². The van der Waals surface area contributed by atoms with Gasteiger partial charge in [-0.1, -0.05) is 30.3 Å². The summed E-state index contributed by atoms with van der Waals surface area (Å²) in [7, 11) is -4.04. The van der Waals surface area contributed by atoms with Crippen LogP contribution in [-0.2, 0) is 14.6 Å². The number of nitrogens with zero attached hydrogens (tertiary/aromatic N) is 1. The minimum Gasteiger partial charge on any atom is -0.480 e. The van der Waals surface area contributed by atoms with Gasteiger partial charge in [0.1, 0.15) is 11.1 Å². The Balaban J connectivity index is 2.13. The van der Waals surface area contributed by atoms with Gasteiger partial charge in [-0.3, -0.25) is 4.79 Å². The van der Waals surface area contributed by atoms with Crippen LogP contribution in [0.15, 0.2) is 59.5 Å². The molecule has 0 radical (unpaired) electrons. The zero-order valence-electron chi connectivity index (χ0n) is 12.3. The molecule has 0 spiro atoms. The molecular formula is C17H12FNO4S. The monoisotopic (exact) mass is 345 g/mol. The number of rotatable bonds is 4. The van der Waals surface area contributed by atoms with Gasteiger partial charge in [0.2, 0.25) is 0 Å². The summed E-state index contributed by atoms with van der Waals surface area (Å²) in [6.07, 6.45) is 0. The van der Waals surface area contributed by atoms with E-state index < -0.39 is 38.2 Å². The number of carboxylic acid groups (broad SMARTS) is 1. The molecule has 0 aromatic heterocycles. The Morgan fingerprint density at radius 3 is 2.21 bits per heavy atom. The van der Waals surface area contributed by atoms with Crippen LogP contribution in [0.5, 0.6) is 0 Å². The number of aliphatic carboxylic acids is 1. The van der Waals surface area contributed by atoms with E-state index in [2.05, 4.69) is 0 Å². The standard InChI is InChI=1S/C17H12FNO4S/c18-12-8-6-11(7-9-12)14-15(17(14,10-19)16(20)21)24(22,23)13-4-2-1-3-5-13/h1-9,14-15H,(H,20,21)/t14-,15+,17+/m1/s1. The lowest BCUT2D eigenvalue weighted by Crippen LogP contribution is -2.22. The number of halogens is 1. The summed E-state index contributed by atoms with van der Waals surface area (Å²) in [5, 5.41) is 17.5. The molecule has 1 aliphatic carbocycles. The number of carbonyl (C=O) groups is 1. The van der Waals surface area contributed by atoms with Crippen molar-refractivity contribution in [2.45, 2.75) is 16.1 Å². The molecule has 2 aromatic rings. The third kappa shape index (κ3) is 2.19. The molecule has 5 nitrogen and oxygen atoms in total. The van der Waals surface area contributed by atoms with Crippen LogP contribution in [0, 0.1) is 22.6 Å². The molecule has 3 rings (SSSR count). The van der Waals surface area contributed by atoms with Crippen LogP contribution in [0.2, 0.25) is 0 Å². The maximum Gasteiger partial charge on any atom is 0.326 e. The molecule has 0 amide bonds. The SMILES string of the molecule is N#C[C@]1(C(=O)O)[C@H](c2ccc(F)cc2)[C@@H]1S(=O)(=O)c1ccccc1. The summed E-state index contributed by atoms with van der Waals surface area (Å²) in [5.41, 5.74) is -1.77. The van der Waals surface area contributed by atoms with Crippen LogP contribution in [-0.4, -0.2) is 24.7 Å². The molecule has 1 aliphatic rings. The molecule has 0 bridgehead atoms. The second-order valence-electron chi connectivity index (χ2n) is 5.59. The van der Waals surface area contributed by atoms with E-state index in [0.717, 1.165) is 12.1 Å². The van der Waals surface area contributed by atoms with Gasteiger partial charge in [-0.2, -0.15) is 5.26 Å². The summed E-state index contributed by atoms with van der Waals surface area (Å²) >= 11 is 0. The minimum absolute atomic E-state index is 0.0412. The van der Waals surface area contributed by atoms with Crippen LogP contribution >= 0.6 is 0 Å². The molecule has 0 saturated heterocycles. The van der Waals surface area contributed by atoms with E-state index in [4.69, 9.17) is 0 Å². The van der Waals surface area contributed by atoms with Gasteiger partial charge in [0, 0.05) is 5.92 Å². The van der Waals surface area contributed by atoms with Gasteiger partial charge in [0.15, 0.2) is 15.3 Å². The number of hydrogen-bond acceptors (Lipinski definition) is 4. The van der Waals surface area contributed by atoms with Gasteiger partial charge in [-0.15, -0.1) is 0 Å². The quantitative estimate of drug-likeness (QED) is 0.918. The molecule has 0 unspecified atom stereocenters. The predicted molar refractivity (Wildman–Crippen MR) is 82.2 cm³/mol. The number of carboxylic acids is 1. The molecule has 24 heavy (non-hydrogen) atoms. The smallest absolute Gasteiger partial charge is 0.326 e. The maximum atomic E-state index is 13.1. The number of sulfone groups is 1. The lowest BCUT2D eigenvalue weighted by Gasteiger charge is -2.04. The molecule has 7 heteroatoms. The highest BCUT2D eigenvalue weighted by Gasteiger charge is 2.77. The normalized spacial score (nSPS) is 25.7. The topological polar surface area (TPSA) is 95.2 Å². The fourth-order valence-corrected chi connectivity index (χ4v) is 5.35. The average Bonchev–Trinajstić information content (AvgIpc) is 3.28. The van der Waals surface area contributed by atoms with Gasteiger partial charge >= 0.3 is 5.97 Å². The second kappa shape index (κ2) is 5.42. The van der Waals surface area contributed by atoms with Gasteiger partial charge < -0.3 is 5.11 Å². The predicted octanol–water partition coefficient (Wildman–Crippen LogP) is 2.36. The number of nitriles is 1. The summed E-state index contributed by atoms with van der Waals surface area (Å²) in [5.74, 6) is -3.07. The molecule has 122 valence electrons. The zero-order valence-corrected chi connectivity index (χ0v) is 13.1. The van der Waals surface area contributed by atoms with Crippen LogP contribution < -0.4 is 0 Å². The number of hydrogen-bond donors (Lipinski definition) is 1. The van der Waals surface area contributed by atoms with Crippen molar-refractivity contribution in [2.75, 3.05) is 0 Å². The maximum absolute atomic E-state index is 13.1. The number of benzene rings is 2. The highest BCUT2D eigenvalue weighted by Crippen LogP contribution is 2.63. The van der Waals surface area contributed by atoms with Gasteiger partial charge in [-0.25, -0.2) is 12.8 Å². The van der Waals surface area contributed by atoms with Crippen molar-refractivity contribution >= 4 is 15.8 Å². The van der Waals surface area contributed by atoms with Gasteiger partial charge in [0.25, 0.3) is 0 Å². The Bertz CT molecular complexity index is 935. The Labute approximate surface area is 137 Å². The first-order chi connectivity index (χ1) is 11.4. The van der Waals surface area contributed by atoms with Crippen LogP contribution in [0.1, 0.15) is 11.5 Å². The van der Waals surface area contributed by atoms with E-state index in [1.54, 1.807) is 12.1 Å². The molecule has 3 atom stereocenters. The minimum atomic E-state index is -4.04. The highest BCUT2D eigenvalue weighted by atomic mass is 32.2. The highest BCUT2D eigenvalue weighted by molar-refractivity contribution is 7.92. The first kappa shape index (κ1) is 16.1. The van der Waals surface area contributed by atoms with E-state index in [1.807, 2.05) is 0 Å². The molecule has 0 heterocycles. The summed E-state index contributed by atoms with van der Waals surface area (Å²) in [6.45, 7) is 0. The average molecular weight is 345 g/mol. The Kier molecular flexibility index (Phi) is 3.65. The fraction of sp³-hybridized carbons (Fsp3) is 0.176. The Morgan fingerprint density at radius 2 is 1.71 bits per heavy atom. The first-order valence-corrected chi connectivity index (χ1v) is 8.59. The van der Waals surface area contributed by atoms with Crippen molar-refractivity contribution in [3.63, 3.8) is 0 Å². The van der Waals surface area contributed by atoms with E-state index in [9.17, 15) is 28.0 Å². The second-order valence-corrected chi connectivity index (χ2v) is 7.66. The van der Waals surface area contributed by atoms with Crippen molar-refractivity contribution in [1.29, 1.82) is 5.26 Å². The molecule has 1 N–H and O–H groups in total. The molecule has 1 saturated carbocycles. The van der Waals surface area contributed by atoms with E-state index in [0.29, 0.717) is 5.56 Å². The van der Waals surface area contributed by atoms with Crippen molar-refractivity contribution < 1.29 is 22.7 Å². The lowest BCUT2D eigenvalue weighted by atomic mass is 10.0. The van der Waals surface area contributed by atoms with Crippen molar-refractivity contribution in [2.24, 2.45) is 5.41 Å². The van der Waals surface area contributed by atoms with Crippen molar-refractivity contribution in [3.05, 3.63) is 66.0 Å². The summed E-state index contributed by atoms with van der Waals surface area (Å²) in [4.78, 5) is 11.7. The summed E-state index contributed by atoms with van der Waals surface area (Å²) < 4.78 is 38.8. The Morgan fingerprint density at radius 1 is 1.12 bits per heavy atom. The van der Waals surface area contributed by atoms with Gasteiger partial charge in [0.05, 0.1) is 11.0 Å². The summed E-state index contributed by atoms with van der Waals surface area (Å²) in [6, 6.07) is 13.9. The van der Waals surface area contributed by atoms with Gasteiger partial charge in [-0.05, 0) is 29.8 Å². The zero-order chi connectivity index (χ0) is 17.5. The third-order valence-corrected chi connectivity index (χ3v) is 6.55. The molecular weight excluding hydrogens is 333 g/mol. The van der Waals surface area contributed by atoms with E-state index in [-0.39, 0.29) is 4.90 Å². The fourth-order valence-electron chi connectivity index (χ4n) is 3.08. The molecule has 0 aliphatic heterocycles. The molecule has 1 fully saturated rings. The third-order valence-electron chi connectivity index (χ3n) is 4.31.